The van der Waals surface area contributed by atoms with E-state index < -0.39 is 29.0 Å². The monoisotopic (exact) mass is 494 g/mol. The first-order chi connectivity index (χ1) is 16.7. The van der Waals surface area contributed by atoms with Crippen molar-refractivity contribution >= 4 is 12.0 Å². The normalized spacial score (nSPS) is 20.7. The van der Waals surface area contributed by atoms with E-state index in [1.54, 1.807) is 11.0 Å². The van der Waals surface area contributed by atoms with E-state index in [2.05, 4.69) is 21.4 Å². The summed E-state index contributed by atoms with van der Waals surface area (Å²) in [6, 6.07) is 3.27. The number of aliphatic hydroxyl groups is 1. The second kappa shape index (κ2) is 8.07. The van der Waals surface area contributed by atoms with Gasteiger partial charge in [0.05, 0.1) is 11.3 Å². The Hall–Kier alpha value is -3.38. The van der Waals surface area contributed by atoms with Gasteiger partial charge in [0, 0.05) is 30.6 Å². The molecule has 1 saturated carbocycles. The lowest BCUT2D eigenvalue weighted by atomic mass is 9.75. The number of hydrogen-bond donors (Lipinski definition) is 2. The summed E-state index contributed by atoms with van der Waals surface area (Å²) in [4.78, 5) is 31.2. The van der Waals surface area contributed by atoms with Crippen LogP contribution in [0.25, 0.3) is 11.4 Å². The average molecular weight is 495 g/mol. The van der Waals surface area contributed by atoms with Gasteiger partial charge in [0.2, 0.25) is 0 Å². The van der Waals surface area contributed by atoms with E-state index in [1.807, 2.05) is 20.8 Å². The number of likely N-dealkylation sites (tertiary alicyclic amines) is 1. The highest BCUT2D eigenvalue weighted by molar-refractivity contribution is 5.93. The highest BCUT2D eigenvalue weighted by atomic mass is 19.1. The molecule has 0 unspecified atom stereocenters. The summed E-state index contributed by atoms with van der Waals surface area (Å²) in [6.07, 6.45) is 1.21. The van der Waals surface area contributed by atoms with Crippen LogP contribution in [-0.2, 0) is 4.74 Å². The molecule has 4 heterocycles. The molecule has 1 saturated heterocycles. The van der Waals surface area contributed by atoms with Crippen LogP contribution in [0.1, 0.15) is 92.6 Å². The maximum Gasteiger partial charge on any atom is 0.410 e. The minimum atomic E-state index is -1.27. The van der Waals surface area contributed by atoms with Crippen LogP contribution in [0, 0.1) is 17.7 Å². The Morgan fingerprint density at radius 1 is 1.17 bits per heavy atom. The number of primary amides is 1. The van der Waals surface area contributed by atoms with Crippen molar-refractivity contribution in [1.29, 1.82) is 0 Å². The van der Waals surface area contributed by atoms with Gasteiger partial charge < -0.3 is 25.0 Å². The fourth-order valence-electron chi connectivity index (χ4n) is 5.19. The van der Waals surface area contributed by atoms with Gasteiger partial charge in [-0.1, -0.05) is 11.8 Å². The van der Waals surface area contributed by atoms with Crippen LogP contribution in [0.4, 0.5) is 9.18 Å². The van der Waals surface area contributed by atoms with Gasteiger partial charge in [-0.05, 0) is 71.1 Å². The third-order valence-corrected chi connectivity index (χ3v) is 6.90. The molecule has 3 N–H and O–H groups in total. The maximum absolute atomic E-state index is 15.0. The van der Waals surface area contributed by atoms with Crippen molar-refractivity contribution in [2.75, 3.05) is 13.1 Å². The number of benzene rings is 1. The molecule has 1 aliphatic carbocycles. The fourth-order valence-corrected chi connectivity index (χ4v) is 5.19. The molecule has 8 nitrogen and oxygen atoms in total. The number of nitrogens with two attached hydrogens (primary N) is 1. The first kappa shape index (κ1) is 24.3. The van der Waals surface area contributed by atoms with E-state index in [4.69, 9.17) is 10.5 Å². The number of hydrogen-bond acceptors (Lipinski definition) is 5. The Bertz CT molecular complexity index is 1330. The van der Waals surface area contributed by atoms with Crippen molar-refractivity contribution in [3.8, 4) is 23.2 Å². The van der Waals surface area contributed by atoms with Gasteiger partial charge in [0.1, 0.15) is 28.5 Å². The molecule has 6 rings (SSSR count). The van der Waals surface area contributed by atoms with Crippen molar-refractivity contribution in [2.24, 2.45) is 5.73 Å². The van der Waals surface area contributed by atoms with Gasteiger partial charge in [0.15, 0.2) is 0 Å². The second-order valence-electron chi connectivity index (χ2n) is 11.5. The molecular formula is C27H31FN4O4. The largest absolute Gasteiger partial charge is 0.444 e. The number of rotatable bonds is 2. The standard InChI is InChI=1S/C27H31FN4O4/c1-26(2,3)36-25(34)31-12-16(13-31)22-21(23(29)33)30-24-19-10-14(6-7-27(4,5)35)20(28)11-18(19)15-8-17(9-15)32(22)24/h10-11,15-17,35H,8-9,12-13H2,1-5H3,(H2,29,33). The van der Waals surface area contributed by atoms with Crippen LogP contribution in [0.2, 0.25) is 0 Å². The summed E-state index contributed by atoms with van der Waals surface area (Å²) >= 11 is 0. The molecule has 4 aliphatic rings. The fraction of sp³-hybridized carbons (Fsp3) is 0.519. The van der Waals surface area contributed by atoms with Crippen molar-refractivity contribution in [2.45, 2.75) is 76.5 Å². The second-order valence-corrected chi connectivity index (χ2v) is 11.5. The molecule has 2 aromatic rings. The SMILES string of the molecule is CC(C)(O)C#Cc1cc2c(cc1F)C1CC(C1)n1c-2nc(C(N)=O)c1C1CN(C(=O)OC(C)(C)C)C1. The molecule has 3 aliphatic heterocycles. The predicted molar refractivity (Wildman–Crippen MR) is 131 cm³/mol. The lowest BCUT2D eigenvalue weighted by Gasteiger charge is -2.42. The van der Waals surface area contributed by atoms with E-state index in [1.165, 1.54) is 19.9 Å². The minimum Gasteiger partial charge on any atom is -0.444 e. The van der Waals surface area contributed by atoms with Gasteiger partial charge in [-0.25, -0.2) is 14.2 Å². The molecule has 0 radical (unpaired) electrons. The smallest absolute Gasteiger partial charge is 0.410 e. The summed E-state index contributed by atoms with van der Waals surface area (Å²) in [6.45, 7) is 9.32. The average Bonchev–Trinajstić information content (AvgIpc) is 2.91. The number of imidazole rings is 1. The number of carbonyl (C=O) groups excluding carboxylic acids is 2. The van der Waals surface area contributed by atoms with Crippen LogP contribution in [0.3, 0.4) is 0 Å². The number of ether oxygens (including phenoxy) is 1. The summed E-state index contributed by atoms with van der Waals surface area (Å²) in [5, 5.41) is 9.98. The number of aromatic nitrogens is 2. The predicted octanol–water partition coefficient (Wildman–Crippen LogP) is 3.68. The molecule has 2 fully saturated rings. The number of carbonyl (C=O) groups is 2. The molecule has 1 aromatic heterocycles. The van der Waals surface area contributed by atoms with Gasteiger partial charge in [-0.2, -0.15) is 0 Å². The van der Waals surface area contributed by atoms with E-state index >= 15 is 0 Å². The van der Waals surface area contributed by atoms with E-state index in [0.717, 1.165) is 29.7 Å². The van der Waals surface area contributed by atoms with Gasteiger partial charge >= 0.3 is 6.09 Å². The van der Waals surface area contributed by atoms with Crippen molar-refractivity contribution in [1.82, 2.24) is 14.5 Å². The summed E-state index contributed by atoms with van der Waals surface area (Å²) < 4.78 is 22.5. The molecule has 1 aromatic carbocycles. The third-order valence-electron chi connectivity index (χ3n) is 6.90. The number of nitrogens with zero attached hydrogens (tertiary/aromatic N) is 3. The van der Waals surface area contributed by atoms with Crippen molar-refractivity contribution < 1.29 is 23.8 Å². The molecule has 0 spiro atoms. The Morgan fingerprint density at radius 3 is 2.42 bits per heavy atom. The van der Waals surface area contributed by atoms with Gasteiger partial charge in [-0.15, -0.1) is 0 Å². The quantitative estimate of drug-likeness (QED) is 0.619. The first-order valence-electron chi connectivity index (χ1n) is 12.2. The number of amides is 2. The molecule has 190 valence electrons. The zero-order valence-corrected chi connectivity index (χ0v) is 21.2. The van der Waals surface area contributed by atoms with Crippen molar-refractivity contribution in [3.63, 3.8) is 0 Å². The van der Waals surface area contributed by atoms with Crippen LogP contribution >= 0.6 is 0 Å². The highest BCUT2D eigenvalue weighted by Gasteiger charge is 2.45. The van der Waals surface area contributed by atoms with Crippen LogP contribution in [-0.4, -0.2) is 55.8 Å². The number of halogens is 1. The molecule has 2 bridgehead atoms. The summed E-state index contributed by atoms with van der Waals surface area (Å²) in [5.74, 6) is 4.97. The molecule has 0 atom stereocenters. The molecular weight excluding hydrogens is 463 g/mol. The lowest BCUT2D eigenvalue weighted by Crippen LogP contribution is -2.51. The Labute approximate surface area is 209 Å². The Balaban J connectivity index is 1.56. The molecule has 2 amide bonds. The molecule has 9 heteroatoms. The van der Waals surface area contributed by atoms with Crippen LogP contribution < -0.4 is 5.73 Å². The van der Waals surface area contributed by atoms with Gasteiger partial charge in [-0.3, -0.25) is 4.79 Å². The maximum atomic E-state index is 15.0. The topological polar surface area (TPSA) is 111 Å². The zero-order chi connectivity index (χ0) is 26.2. The third kappa shape index (κ3) is 4.24. The van der Waals surface area contributed by atoms with Gasteiger partial charge in [0.25, 0.3) is 5.91 Å². The lowest BCUT2D eigenvalue weighted by molar-refractivity contribution is 0.00731. The van der Waals surface area contributed by atoms with Crippen LogP contribution in [0.5, 0.6) is 0 Å². The van der Waals surface area contributed by atoms with E-state index in [0.29, 0.717) is 18.9 Å². The molecule has 36 heavy (non-hydrogen) atoms. The van der Waals surface area contributed by atoms with Crippen LogP contribution in [0.15, 0.2) is 12.1 Å². The first-order valence-corrected chi connectivity index (χ1v) is 12.2. The minimum absolute atomic E-state index is 0.109. The summed E-state index contributed by atoms with van der Waals surface area (Å²) in [5.41, 5.74) is 6.52. The van der Waals surface area contributed by atoms with E-state index in [9.17, 15) is 19.1 Å². The van der Waals surface area contributed by atoms with Crippen molar-refractivity contribution in [3.05, 3.63) is 40.5 Å². The summed E-state index contributed by atoms with van der Waals surface area (Å²) in [7, 11) is 0. The Kier molecular flexibility index (Phi) is 5.45. The zero-order valence-electron chi connectivity index (χ0n) is 21.2. The highest BCUT2D eigenvalue weighted by Crippen LogP contribution is 2.54. The van der Waals surface area contributed by atoms with E-state index in [-0.39, 0.29) is 29.1 Å². The Morgan fingerprint density at radius 2 is 1.83 bits per heavy atom.